The summed E-state index contributed by atoms with van der Waals surface area (Å²) in [7, 11) is 0. The van der Waals surface area contributed by atoms with Crippen LogP contribution in [0.5, 0.6) is 0 Å². The van der Waals surface area contributed by atoms with Crippen LogP contribution in [-0.4, -0.2) is 29.6 Å². The molecule has 0 aromatic carbocycles. The van der Waals surface area contributed by atoms with Gasteiger partial charge in [0.2, 0.25) is 0 Å². The summed E-state index contributed by atoms with van der Waals surface area (Å²) in [5.41, 5.74) is 6.57. The van der Waals surface area contributed by atoms with E-state index >= 15 is 0 Å². The third-order valence-electron chi connectivity index (χ3n) is 5.05. The van der Waals surface area contributed by atoms with Crippen LogP contribution in [0.15, 0.2) is 0 Å². The van der Waals surface area contributed by atoms with Crippen molar-refractivity contribution in [1.29, 1.82) is 0 Å². The fourth-order valence-corrected chi connectivity index (χ4v) is 4.26. The van der Waals surface area contributed by atoms with Gasteiger partial charge in [0.05, 0.1) is 0 Å². The zero-order valence-electron chi connectivity index (χ0n) is 12.6. The van der Waals surface area contributed by atoms with E-state index < -0.39 is 0 Å². The summed E-state index contributed by atoms with van der Waals surface area (Å²) in [6.07, 6.45) is 9.72. The lowest BCUT2D eigenvalue weighted by atomic mass is 9.72. The van der Waals surface area contributed by atoms with Crippen molar-refractivity contribution in [2.75, 3.05) is 13.1 Å². The van der Waals surface area contributed by atoms with Crippen LogP contribution in [0.1, 0.15) is 65.7 Å². The van der Waals surface area contributed by atoms with Crippen LogP contribution in [0.4, 0.5) is 0 Å². The monoisotopic (exact) mass is 252 g/mol. The van der Waals surface area contributed by atoms with Gasteiger partial charge in [0, 0.05) is 18.1 Å². The van der Waals surface area contributed by atoms with Gasteiger partial charge in [-0.05, 0) is 50.5 Å². The summed E-state index contributed by atoms with van der Waals surface area (Å²) >= 11 is 0. The number of likely N-dealkylation sites (N-methyl/N-ethyl adjacent to an activating group) is 1. The van der Waals surface area contributed by atoms with Crippen molar-refractivity contribution in [3.63, 3.8) is 0 Å². The van der Waals surface area contributed by atoms with Crippen molar-refractivity contribution in [3.05, 3.63) is 0 Å². The zero-order valence-corrected chi connectivity index (χ0v) is 12.6. The van der Waals surface area contributed by atoms with Crippen molar-refractivity contribution in [2.24, 2.45) is 17.6 Å². The van der Waals surface area contributed by atoms with Crippen molar-refractivity contribution >= 4 is 0 Å². The van der Waals surface area contributed by atoms with E-state index in [2.05, 4.69) is 25.7 Å². The molecule has 0 aromatic heterocycles. The minimum absolute atomic E-state index is 0.341. The molecule has 0 aliphatic heterocycles. The molecule has 2 fully saturated rings. The maximum Gasteiger partial charge on any atom is 0.0337 e. The minimum Gasteiger partial charge on any atom is -0.329 e. The van der Waals surface area contributed by atoms with Gasteiger partial charge < -0.3 is 5.73 Å². The highest BCUT2D eigenvalue weighted by atomic mass is 15.3. The molecule has 2 aliphatic carbocycles. The molecule has 0 amide bonds. The van der Waals surface area contributed by atoms with Crippen molar-refractivity contribution < 1.29 is 0 Å². The molecular formula is C16H32N2. The van der Waals surface area contributed by atoms with Crippen LogP contribution >= 0.6 is 0 Å². The maximum absolute atomic E-state index is 6.23. The van der Waals surface area contributed by atoms with Crippen LogP contribution in [0.3, 0.4) is 0 Å². The SMILES string of the molecule is CCN(C1CC1)C1(CN)CCCC(CC(C)C)C1. The van der Waals surface area contributed by atoms with E-state index in [-0.39, 0.29) is 0 Å². The first-order chi connectivity index (χ1) is 8.61. The summed E-state index contributed by atoms with van der Waals surface area (Å²) in [6.45, 7) is 9.10. The maximum atomic E-state index is 6.23. The lowest BCUT2D eigenvalue weighted by Crippen LogP contribution is -2.57. The number of nitrogens with zero attached hydrogens (tertiary/aromatic N) is 1. The Kier molecular flexibility index (Phi) is 4.71. The van der Waals surface area contributed by atoms with Gasteiger partial charge >= 0.3 is 0 Å². The van der Waals surface area contributed by atoms with Gasteiger partial charge in [0.1, 0.15) is 0 Å². The highest BCUT2D eigenvalue weighted by molar-refractivity contribution is 5.01. The van der Waals surface area contributed by atoms with Gasteiger partial charge in [0.15, 0.2) is 0 Å². The summed E-state index contributed by atoms with van der Waals surface area (Å²) in [5, 5.41) is 0. The average molecular weight is 252 g/mol. The first-order valence-corrected chi connectivity index (χ1v) is 8.08. The van der Waals surface area contributed by atoms with Gasteiger partial charge in [-0.3, -0.25) is 4.90 Å². The second-order valence-corrected chi connectivity index (χ2v) is 7.04. The van der Waals surface area contributed by atoms with Crippen LogP contribution in [0.25, 0.3) is 0 Å². The van der Waals surface area contributed by atoms with Crippen molar-refractivity contribution in [2.45, 2.75) is 77.3 Å². The molecule has 2 N–H and O–H groups in total. The Morgan fingerprint density at radius 1 is 1.28 bits per heavy atom. The van der Waals surface area contributed by atoms with E-state index in [1.807, 2.05) is 0 Å². The largest absolute Gasteiger partial charge is 0.329 e. The first-order valence-electron chi connectivity index (χ1n) is 8.08. The fourth-order valence-electron chi connectivity index (χ4n) is 4.26. The van der Waals surface area contributed by atoms with Gasteiger partial charge in [0.25, 0.3) is 0 Å². The highest BCUT2D eigenvalue weighted by Gasteiger charge is 2.45. The van der Waals surface area contributed by atoms with E-state index in [0.717, 1.165) is 24.4 Å². The van der Waals surface area contributed by atoms with Crippen LogP contribution in [-0.2, 0) is 0 Å². The van der Waals surface area contributed by atoms with E-state index in [1.54, 1.807) is 0 Å². The molecule has 2 heteroatoms. The van der Waals surface area contributed by atoms with E-state index in [9.17, 15) is 0 Å². The summed E-state index contributed by atoms with van der Waals surface area (Å²) in [4.78, 5) is 2.76. The predicted molar refractivity (Wildman–Crippen MR) is 78.6 cm³/mol. The van der Waals surface area contributed by atoms with Crippen LogP contribution in [0, 0.1) is 11.8 Å². The lowest BCUT2D eigenvalue weighted by Gasteiger charge is -2.48. The first kappa shape index (κ1) is 14.3. The Morgan fingerprint density at radius 3 is 2.50 bits per heavy atom. The Balaban J connectivity index is 2.05. The minimum atomic E-state index is 0.341. The second-order valence-electron chi connectivity index (χ2n) is 7.04. The average Bonchev–Trinajstić information content (AvgIpc) is 3.14. The summed E-state index contributed by atoms with van der Waals surface area (Å²) in [6, 6.07) is 0.858. The van der Waals surface area contributed by atoms with Gasteiger partial charge in [-0.15, -0.1) is 0 Å². The molecule has 0 heterocycles. The summed E-state index contributed by atoms with van der Waals surface area (Å²) in [5.74, 6) is 1.75. The number of hydrogen-bond acceptors (Lipinski definition) is 2. The molecule has 0 radical (unpaired) electrons. The molecule has 106 valence electrons. The molecule has 2 aliphatic rings. The Hall–Kier alpha value is -0.0800. The number of nitrogens with two attached hydrogens (primary N) is 1. The lowest BCUT2D eigenvalue weighted by molar-refractivity contribution is 0.0286. The standard InChI is InChI=1S/C16H32N2/c1-4-18(15-7-8-15)16(12-17)9-5-6-14(11-16)10-13(2)3/h13-15H,4-12,17H2,1-3H3. The van der Waals surface area contributed by atoms with Crippen molar-refractivity contribution in [1.82, 2.24) is 4.90 Å². The fraction of sp³-hybridized carbons (Fsp3) is 1.00. The Morgan fingerprint density at radius 2 is 2.00 bits per heavy atom. The van der Waals surface area contributed by atoms with Gasteiger partial charge in [-0.2, -0.15) is 0 Å². The van der Waals surface area contributed by atoms with Crippen molar-refractivity contribution in [3.8, 4) is 0 Å². The normalized spacial score (nSPS) is 33.3. The molecule has 2 unspecified atom stereocenters. The van der Waals surface area contributed by atoms with Crippen LogP contribution < -0.4 is 5.73 Å². The Labute approximate surface area is 113 Å². The molecule has 0 spiro atoms. The molecule has 2 rings (SSSR count). The molecule has 0 aromatic rings. The Bertz CT molecular complexity index is 260. The quantitative estimate of drug-likeness (QED) is 0.785. The summed E-state index contributed by atoms with van der Waals surface area (Å²) < 4.78 is 0. The number of rotatable bonds is 6. The van der Waals surface area contributed by atoms with E-state index in [4.69, 9.17) is 5.73 Å². The molecule has 2 atom stereocenters. The molecule has 2 nitrogen and oxygen atoms in total. The van der Waals surface area contributed by atoms with Gasteiger partial charge in [-0.1, -0.05) is 33.6 Å². The number of hydrogen-bond donors (Lipinski definition) is 1. The molecular weight excluding hydrogens is 220 g/mol. The highest BCUT2D eigenvalue weighted by Crippen LogP contribution is 2.43. The van der Waals surface area contributed by atoms with E-state index in [0.29, 0.717) is 5.54 Å². The molecule has 2 saturated carbocycles. The molecule has 0 bridgehead atoms. The van der Waals surface area contributed by atoms with Gasteiger partial charge in [-0.25, -0.2) is 0 Å². The predicted octanol–water partition coefficient (Wildman–Crippen LogP) is 3.40. The molecule has 0 saturated heterocycles. The second kappa shape index (κ2) is 5.92. The third kappa shape index (κ3) is 3.08. The topological polar surface area (TPSA) is 29.3 Å². The third-order valence-corrected chi connectivity index (χ3v) is 5.05. The smallest absolute Gasteiger partial charge is 0.0337 e. The molecule has 18 heavy (non-hydrogen) atoms. The van der Waals surface area contributed by atoms with E-state index in [1.165, 1.54) is 51.5 Å². The van der Waals surface area contributed by atoms with Crippen LogP contribution in [0.2, 0.25) is 0 Å². The zero-order chi connectivity index (χ0) is 13.2.